The molecule has 0 aliphatic carbocycles. The van der Waals surface area contributed by atoms with E-state index in [1.807, 2.05) is 0 Å². The number of hydrogen-bond acceptors (Lipinski definition) is 10. The number of primary amides is 1. The van der Waals surface area contributed by atoms with Crippen LogP contribution in [-0.4, -0.2) is 140 Å². The molecule has 11 heteroatoms. The largest absolute Gasteiger partial charge is 0.378 e. The molecule has 1 saturated heterocycles. The fourth-order valence-electron chi connectivity index (χ4n) is 8.94. The molecular weight excluding hydrogens is 819 g/mol. The standard InChI is InChI=1S/C54H107N3O8/c1-4-6-8-10-12-14-16-18-20-22-24-26-28-30-32-34-36-56-38-41-61-44-46-64-47-45-62-43-40-57(51-54(53(55)59,52(58)50-60-3)65-49-48-63-42-39-56)37-35-33-31-29-27-25-23-21-19-17-15-13-11-9-7-5-2/h4-51H2,1-3H3,(H2,55,59). The molecule has 1 heterocycles. The molecule has 1 unspecified atom stereocenters. The van der Waals surface area contributed by atoms with Crippen LogP contribution in [0.4, 0.5) is 0 Å². The van der Waals surface area contributed by atoms with Crippen LogP contribution in [0.15, 0.2) is 0 Å². The van der Waals surface area contributed by atoms with Crippen molar-refractivity contribution in [3.05, 3.63) is 0 Å². The van der Waals surface area contributed by atoms with E-state index in [2.05, 4.69) is 23.6 Å². The summed E-state index contributed by atoms with van der Waals surface area (Å²) in [4.78, 5) is 31.3. The number of carbonyl (C=O) groups is 2. The third-order valence-electron chi connectivity index (χ3n) is 13.2. The van der Waals surface area contributed by atoms with E-state index in [0.29, 0.717) is 59.3 Å². The quantitative estimate of drug-likeness (QED) is 0.0473. The zero-order valence-electron chi connectivity index (χ0n) is 43.2. The van der Waals surface area contributed by atoms with Gasteiger partial charge in [-0.2, -0.15) is 0 Å². The van der Waals surface area contributed by atoms with Crippen molar-refractivity contribution in [1.29, 1.82) is 0 Å². The number of nitrogens with two attached hydrogens (primary N) is 1. The van der Waals surface area contributed by atoms with E-state index in [1.54, 1.807) is 0 Å². The van der Waals surface area contributed by atoms with Crippen LogP contribution in [0.25, 0.3) is 0 Å². The Morgan fingerprint density at radius 1 is 0.431 bits per heavy atom. The molecule has 0 spiro atoms. The molecular formula is C54H107N3O8. The highest BCUT2D eigenvalue weighted by atomic mass is 16.6. The highest BCUT2D eigenvalue weighted by Gasteiger charge is 2.46. The molecule has 1 aliphatic rings. The fourth-order valence-corrected chi connectivity index (χ4v) is 8.94. The van der Waals surface area contributed by atoms with Crippen molar-refractivity contribution in [2.45, 2.75) is 225 Å². The smallest absolute Gasteiger partial charge is 0.258 e. The van der Waals surface area contributed by atoms with E-state index in [0.717, 1.165) is 38.9 Å². The zero-order valence-corrected chi connectivity index (χ0v) is 43.2. The molecule has 1 atom stereocenters. The van der Waals surface area contributed by atoms with Crippen molar-refractivity contribution in [3.8, 4) is 0 Å². The van der Waals surface area contributed by atoms with Gasteiger partial charge in [-0.3, -0.25) is 19.4 Å². The average Bonchev–Trinajstić information content (AvgIpc) is 3.30. The Kier molecular flexibility index (Phi) is 45.5. The lowest BCUT2D eigenvalue weighted by Crippen LogP contribution is -2.61. The van der Waals surface area contributed by atoms with E-state index in [1.165, 1.54) is 193 Å². The molecule has 1 fully saturated rings. The Hall–Kier alpha value is -1.18. The molecule has 0 aromatic heterocycles. The van der Waals surface area contributed by atoms with Crippen molar-refractivity contribution >= 4 is 11.7 Å². The van der Waals surface area contributed by atoms with Gasteiger partial charge in [0.1, 0.15) is 6.61 Å². The Morgan fingerprint density at radius 3 is 1.06 bits per heavy atom. The minimum Gasteiger partial charge on any atom is -0.378 e. The molecule has 1 aliphatic heterocycles. The minimum atomic E-state index is -1.84. The van der Waals surface area contributed by atoms with Crippen molar-refractivity contribution < 1.29 is 38.0 Å². The van der Waals surface area contributed by atoms with E-state index in [4.69, 9.17) is 34.2 Å². The molecule has 386 valence electrons. The van der Waals surface area contributed by atoms with Gasteiger partial charge in [0.25, 0.3) is 5.91 Å². The maximum atomic E-state index is 13.6. The summed E-state index contributed by atoms with van der Waals surface area (Å²) >= 11 is 0. The molecule has 65 heavy (non-hydrogen) atoms. The van der Waals surface area contributed by atoms with Crippen molar-refractivity contribution in [1.82, 2.24) is 9.80 Å². The maximum Gasteiger partial charge on any atom is 0.258 e. The maximum absolute atomic E-state index is 13.6. The fraction of sp³-hybridized carbons (Fsp3) is 0.963. The van der Waals surface area contributed by atoms with Crippen LogP contribution in [0.3, 0.4) is 0 Å². The summed E-state index contributed by atoms with van der Waals surface area (Å²) in [5.41, 5.74) is 4.19. The predicted octanol–water partition coefficient (Wildman–Crippen LogP) is 11.6. The molecule has 2 N–H and O–H groups in total. The first-order valence-corrected chi connectivity index (χ1v) is 27.7. The number of hydrogen-bond donors (Lipinski definition) is 1. The SMILES string of the molecule is CCCCCCCCCCCCCCCCCCN1CCOCCOCCOCCN(CCCCCCCCCCCCCCCCCC)CC(C(N)=O)(C(=O)COC)OCCOCC1. The zero-order chi connectivity index (χ0) is 47.0. The molecule has 0 radical (unpaired) electrons. The third kappa shape index (κ3) is 37.4. The summed E-state index contributed by atoms with van der Waals surface area (Å²) in [5.74, 6) is -1.27. The lowest BCUT2D eigenvalue weighted by atomic mass is 9.96. The molecule has 1 amide bonds. The van der Waals surface area contributed by atoms with Crippen molar-refractivity contribution in [3.63, 3.8) is 0 Å². The van der Waals surface area contributed by atoms with Gasteiger partial charge in [0.05, 0.1) is 59.5 Å². The number of Topliss-reactive ketones (excluding diaryl/α,β-unsaturated/α-hetero) is 1. The summed E-state index contributed by atoms with van der Waals surface area (Å²) in [6, 6.07) is 0. The lowest BCUT2D eigenvalue weighted by molar-refractivity contribution is -0.165. The number of rotatable bonds is 38. The molecule has 0 aromatic rings. The summed E-state index contributed by atoms with van der Waals surface area (Å²) in [5, 5.41) is 0. The van der Waals surface area contributed by atoms with Gasteiger partial charge in [0.15, 0.2) is 0 Å². The van der Waals surface area contributed by atoms with Crippen LogP contribution in [0, 0.1) is 0 Å². The Labute approximate surface area is 401 Å². The summed E-state index contributed by atoms with van der Waals surface area (Å²) in [6.45, 7) is 12.1. The van der Waals surface area contributed by atoms with Crippen LogP contribution in [-0.2, 0) is 38.0 Å². The van der Waals surface area contributed by atoms with Gasteiger partial charge in [-0.05, 0) is 25.9 Å². The molecule has 1 rings (SSSR count). The molecule has 0 bridgehead atoms. The Balaban J connectivity index is 2.55. The van der Waals surface area contributed by atoms with Gasteiger partial charge < -0.3 is 34.2 Å². The Bertz CT molecular complexity index is 1020. The first-order chi connectivity index (χ1) is 32.0. The summed E-state index contributed by atoms with van der Waals surface area (Å²) in [6.07, 6.45) is 42.6. The number of ketones is 1. The van der Waals surface area contributed by atoms with Crippen molar-refractivity contribution in [2.75, 3.05) is 112 Å². The van der Waals surface area contributed by atoms with Crippen LogP contribution in [0.1, 0.15) is 219 Å². The van der Waals surface area contributed by atoms with Crippen LogP contribution < -0.4 is 5.73 Å². The number of amides is 1. The second-order valence-corrected chi connectivity index (χ2v) is 19.1. The molecule has 11 nitrogen and oxygen atoms in total. The normalized spacial score (nSPS) is 18.7. The topological polar surface area (TPSA) is 122 Å². The van der Waals surface area contributed by atoms with E-state index < -0.39 is 17.3 Å². The van der Waals surface area contributed by atoms with Crippen LogP contribution in [0.2, 0.25) is 0 Å². The second-order valence-electron chi connectivity index (χ2n) is 19.1. The molecule has 0 aromatic carbocycles. The first kappa shape index (κ1) is 61.8. The Morgan fingerprint density at radius 2 is 0.723 bits per heavy atom. The van der Waals surface area contributed by atoms with Gasteiger partial charge in [-0.1, -0.05) is 206 Å². The van der Waals surface area contributed by atoms with E-state index >= 15 is 0 Å². The van der Waals surface area contributed by atoms with E-state index in [9.17, 15) is 9.59 Å². The monoisotopic (exact) mass is 926 g/mol. The van der Waals surface area contributed by atoms with Gasteiger partial charge in [-0.25, -0.2) is 0 Å². The summed E-state index contributed by atoms with van der Waals surface area (Å²) in [7, 11) is 1.45. The van der Waals surface area contributed by atoms with Gasteiger partial charge in [-0.15, -0.1) is 0 Å². The average molecular weight is 926 g/mol. The molecule has 0 saturated carbocycles. The number of carbonyl (C=O) groups excluding carboxylic acids is 2. The minimum absolute atomic E-state index is 0.0492. The van der Waals surface area contributed by atoms with Crippen LogP contribution >= 0.6 is 0 Å². The third-order valence-corrected chi connectivity index (χ3v) is 13.2. The second kappa shape index (κ2) is 47.9. The van der Waals surface area contributed by atoms with Gasteiger partial charge in [0, 0.05) is 33.3 Å². The predicted molar refractivity (Wildman–Crippen MR) is 270 cm³/mol. The van der Waals surface area contributed by atoms with Crippen molar-refractivity contribution in [2.24, 2.45) is 5.73 Å². The number of methoxy groups -OCH3 is 1. The van der Waals surface area contributed by atoms with E-state index in [-0.39, 0.29) is 26.4 Å². The van der Waals surface area contributed by atoms with Gasteiger partial charge in [0.2, 0.25) is 11.4 Å². The highest BCUT2D eigenvalue weighted by Crippen LogP contribution is 2.19. The first-order valence-electron chi connectivity index (χ1n) is 27.7. The lowest BCUT2D eigenvalue weighted by Gasteiger charge is -2.35. The highest BCUT2D eigenvalue weighted by molar-refractivity contribution is 6.09. The number of ether oxygens (including phenoxy) is 6. The van der Waals surface area contributed by atoms with Gasteiger partial charge >= 0.3 is 0 Å². The number of unbranched alkanes of at least 4 members (excludes halogenated alkanes) is 30. The number of nitrogens with zero attached hydrogens (tertiary/aromatic N) is 2. The summed E-state index contributed by atoms with van der Waals surface area (Å²) < 4.78 is 35.2. The van der Waals surface area contributed by atoms with Crippen LogP contribution in [0.5, 0.6) is 0 Å².